The molecule has 3 rings (SSSR count). The number of benzene rings is 1. The van der Waals surface area contributed by atoms with Crippen LogP contribution in [0.15, 0.2) is 24.3 Å². The van der Waals surface area contributed by atoms with Gasteiger partial charge in [0, 0.05) is 37.1 Å². The van der Waals surface area contributed by atoms with Crippen molar-refractivity contribution in [3.8, 4) is 0 Å². The Balaban J connectivity index is 1.65. The van der Waals surface area contributed by atoms with Crippen LogP contribution in [0.25, 0.3) is 0 Å². The van der Waals surface area contributed by atoms with Crippen molar-refractivity contribution >= 4 is 0 Å². The molecule has 0 radical (unpaired) electrons. The number of hydrogen-bond donors (Lipinski definition) is 1. The van der Waals surface area contributed by atoms with Gasteiger partial charge in [0.15, 0.2) is 0 Å². The third kappa shape index (κ3) is 2.75. The minimum atomic E-state index is 0.262. The normalized spacial score (nSPS) is 30.2. The van der Waals surface area contributed by atoms with Crippen LogP contribution in [0.2, 0.25) is 0 Å². The van der Waals surface area contributed by atoms with Crippen molar-refractivity contribution < 1.29 is 4.74 Å². The van der Waals surface area contributed by atoms with E-state index in [-0.39, 0.29) is 5.41 Å². The molecule has 3 atom stereocenters. The van der Waals surface area contributed by atoms with Crippen molar-refractivity contribution in [2.45, 2.75) is 45.5 Å². The van der Waals surface area contributed by atoms with E-state index in [1.807, 2.05) is 0 Å². The predicted molar refractivity (Wildman–Crippen MR) is 86.1 cm³/mol. The van der Waals surface area contributed by atoms with Gasteiger partial charge in [-0.25, -0.2) is 0 Å². The van der Waals surface area contributed by atoms with Crippen LogP contribution in [0, 0.1) is 11.3 Å². The van der Waals surface area contributed by atoms with Gasteiger partial charge in [-0.2, -0.15) is 0 Å². The number of nitrogens with zero attached hydrogens (tertiary/aromatic N) is 1. The molecule has 0 amide bonds. The van der Waals surface area contributed by atoms with Crippen molar-refractivity contribution in [1.82, 2.24) is 10.2 Å². The van der Waals surface area contributed by atoms with E-state index in [2.05, 4.69) is 62.4 Å². The van der Waals surface area contributed by atoms with Gasteiger partial charge in [0.05, 0.1) is 6.10 Å². The Morgan fingerprint density at radius 2 is 1.95 bits per heavy atom. The molecule has 1 aliphatic carbocycles. The van der Waals surface area contributed by atoms with E-state index in [9.17, 15) is 0 Å². The minimum absolute atomic E-state index is 0.262. The highest BCUT2D eigenvalue weighted by Gasteiger charge is 2.58. The zero-order chi connectivity index (χ0) is 15.0. The zero-order valence-corrected chi connectivity index (χ0v) is 13.7. The first-order chi connectivity index (χ1) is 10.00. The molecule has 21 heavy (non-hydrogen) atoms. The third-order valence-corrected chi connectivity index (χ3v) is 5.22. The fourth-order valence-electron chi connectivity index (χ4n) is 4.18. The van der Waals surface area contributed by atoms with Crippen molar-refractivity contribution in [1.29, 1.82) is 0 Å². The quantitative estimate of drug-likeness (QED) is 0.901. The Hall–Kier alpha value is -0.900. The van der Waals surface area contributed by atoms with E-state index in [1.54, 1.807) is 0 Å². The Kier molecular flexibility index (Phi) is 4.08. The maximum atomic E-state index is 5.88. The Labute approximate surface area is 128 Å². The second-order valence-corrected chi connectivity index (χ2v) is 7.43. The monoisotopic (exact) mass is 288 g/mol. The second kappa shape index (κ2) is 5.71. The summed E-state index contributed by atoms with van der Waals surface area (Å²) in [7, 11) is 4.25. The maximum Gasteiger partial charge on any atom is 0.0685 e. The summed E-state index contributed by atoms with van der Waals surface area (Å²) in [6.07, 6.45) is 1.68. The number of hydrogen-bond acceptors (Lipinski definition) is 3. The lowest BCUT2D eigenvalue weighted by Crippen LogP contribution is -2.65. The summed E-state index contributed by atoms with van der Waals surface area (Å²) in [6.45, 7) is 7.57. The molecule has 3 unspecified atom stereocenters. The highest BCUT2D eigenvalue weighted by atomic mass is 16.5. The largest absolute Gasteiger partial charge is 0.377 e. The Morgan fingerprint density at radius 3 is 2.67 bits per heavy atom. The average Bonchev–Trinajstić information content (AvgIpc) is 2.87. The van der Waals surface area contributed by atoms with Crippen LogP contribution in [0.5, 0.6) is 0 Å². The van der Waals surface area contributed by atoms with Crippen molar-refractivity contribution in [3.05, 3.63) is 35.4 Å². The van der Waals surface area contributed by atoms with Gasteiger partial charge < -0.3 is 15.0 Å². The molecular formula is C18H28N2O. The molecule has 1 N–H and O–H groups in total. The smallest absolute Gasteiger partial charge is 0.0685 e. The molecule has 116 valence electrons. The van der Waals surface area contributed by atoms with Crippen molar-refractivity contribution in [3.63, 3.8) is 0 Å². The molecule has 2 fully saturated rings. The summed E-state index contributed by atoms with van der Waals surface area (Å²) < 4.78 is 5.88. The fourth-order valence-corrected chi connectivity index (χ4v) is 4.18. The van der Waals surface area contributed by atoms with Crippen LogP contribution in [0.1, 0.15) is 31.4 Å². The van der Waals surface area contributed by atoms with Gasteiger partial charge in [-0.05, 0) is 31.6 Å². The highest BCUT2D eigenvalue weighted by molar-refractivity contribution is 5.27. The van der Waals surface area contributed by atoms with Crippen LogP contribution < -0.4 is 5.32 Å². The van der Waals surface area contributed by atoms with E-state index in [0.29, 0.717) is 18.1 Å². The molecule has 0 spiro atoms. The number of rotatable bonds is 5. The van der Waals surface area contributed by atoms with Gasteiger partial charge in [-0.1, -0.05) is 38.1 Å². The van der Waals surface area contributed by atoms with Crippen LogP contribution >= 0.6 is 0 Å². The SMILES string of the molecule is CN(C)Cc1ccccc1CNC1C2CCOC2C1(C)C. The lowest BCUT2D eigenvalue weighted by molar-refractivity contribution is -0.113. The third-order valence-electron chi connectivity index (χ3n) is 5.22. The molecule has 3 heteroatoms. The summed E-state index contributed by atoms with van der Waals surface area (Å²) in [4.78, 5) is 2.23. The first-order valence-corrected chi connectivity index (χ1v) is 8.06. The van der Waals surface area contributed by atoms with Gasteiger partial charge in [-0.15, -0.1) is 0 Å². The predicted octanol–water partition coefficient (Wildman–Crippen LogP) is 2.65. The Morgan fingerprint density at radius 1 is 1.24 bits per heavy atom. The van der Waals surface area contributed by atoms with Gasteiger partial charge in [0.1, 0.15) is 0 Å². The summed E-state index contributed by atoms with van der Waals surface area (Å²) in [5, 5.41) is 3.81. The maximum absolute atomic E-state index is 5.88. The lowest BCUT2D eigenvalue weighted by atomic mass is 9.57. The average molecular weight is 288 g/mol. The van der Waals surface area contributed by atoms with E-state index in [1.165, 1.54) is 17.5 Å². The van der Waals surface area contributed by atoms with E-state index >= 15 is 0 Å². The van der Waals surface area contributed by atoms with Gasteiger partial charge >= 0.3 is 0 Å². The molecule has 1 aromatic carbocycles. The number of nitrogens with one attached hydrogen (secondary N) is 1. The van der Waals surface area contributed by atoms with Crippen molar-refractivity contribution in [2.24, 2.45) is 11.3 Å². The molecule has 1 aliphatic heterocycles. The molecule has 1 saturated heterocycles. The molecule has 3 nitrogen and oxygen atoms in total. The Bertz CT molecular complexity index is 498. The van der Waals surface area contributed by atoms with E-state index < -0.39 is 0 Å². The van der Waals surface area contributed by atoms with E-state index in [4.69, 9.17) is 4.74 Å². The second-order valence-electron chi connectivity index (χ2n) is 7.43. The van der Waals surface area contributed by atoms with Crippen LogP contribution in [0.4, 0.5) is 0 Å². The van der Waals surface area contributed by atoms with Gasteiger partial charge in [0.25, 0.3) is 0 Å². The molecule has 1 heterocycles. The molecule has 1 saturated carbocycles. The van der Waals surface area contributed by atoms with Gasteiger partial charge in [0.2, 0.25) is 0 Å². The number of fused-ring (bicyclic) bond motifs is 1. The first-order valence-electron chi connectivity index (χ1n) is 8.06. The van der Waals surface area contributed by atoms with Crippen LogP contribution in [-0.2, 0) is 17.8 Å². The lowest BCUT2D eigenvalue weighted by Gasteiger charge is -2.55. The standard InChI is InChI=1S/C18H28N2O/c1-18(2)16(15-9-10-21-17(15)18)19-11-13-7-5-6-8-14(13)12-20(3)4/h5-8,15-17,19H,9-12H2,1-4H3. The number of ether oxygens (including phenoxy) is 1. The molecular weight excluding hydrogens is 260 g/mol. The summed E-state index contributed by atoms with van der Waals surface area (Å²) in [5.41, 5.74) is 3.10. The highest BCUT2D eigenvalue weighted by Crippen LogP contribution is 2.52. The van der Waals surface area contributed by atoms with Crippen LogP contribution in [-0.4, -0.2) is 37.7 Å². The molecule has 1 aromatic rings. The summed E-state index contributed by atoms with van der Waals surface area (Å²) >= 11 is 0. The topological polar surface area (TPSA) is 24.5 Å². The summed E-state index contributed by atoms with van der Waals surface area (Å²) in [6, 6.07) is 9.35. The van der Waals surface area contributed by atoms with Gasteiger partial charge in [-0.3, -0.25) is 0 Å². The minimum Gasteiger partial charge on any atom is -0.377 e. The zero-order valence-electron chi connectivity index (χ0n) is 13.7. The van der Waals surface area contributed by atoms with Crippen LogP contribution in [0.3, 0.4) is 0 Å². The molecule has 2 aliphatic rings. The fraction of sp³-hybridized carbons (Fsp3) is 0.667. The van der Waals surface area contributed by atoms with Crippen molar-refractivity contribution in [2.75, 3.05) is 20.7 Å². The summed E-state index contributed by atoms with van der Waals surface area (Å²) in [5.74, 6) is 0.709. The van der Waals surface area contributed by atoms with E-state index in [0.717, 1.165) is 19.7 Å². The molecule has 0 bridgehead atoms. The first kappa shape index (κ1) is 15.0. The molecule has 0 aromatic heterocycles.